The van der Waals surface area contributed by atoms with Gasteiger partial charge in [-0.25, -0.2) is 0 Å². The Balaban J connectivity index is 2.05. The number of allylic oxidation sites excluding steroid dienone is 2. The summed E-state index contributed by atoms with van der Waals surface area (Å²) in [5, 5.41) is 0. The van der Waals surface area contributed by atoms with Crippen LogP contribution in [0.5, 0.6) is 0 Å². The van der Waals surface area contributed by atoms with Crippen LogP contribution >= 0.6 is 0 Å². The van der Waals surface area contributed by atoms with E-state index in [1.807, 2.05) is 30.3 Å². The number of carbonyl (C=O) groups is 2. The van der Waals surface area contributed by atoms with Gasteiger partial charge in [0, 0.05) is 25.4 Å². The Bertz CT molecular complexity index is 511. The molecule has 2 N–H and O–H groups in total. The van der Waals surface area contributed by atoms with Crippen molar-refractivity contribution in [3.63, 3.8) is 0 Å². The molecule has 1 aliphatic rings. The van der Waals surface area contributed by atoms with Crippen LogP contribution in [0.25, 0.3) is 0 Å². The van der Waals surface area contributed by atoms with Crippen molar-refractivity contribution in [1.29, 1.82) is 0 Å². The Labute approximate surface area is 125 Å². The van der Waals surface area contributed by atoms with Crippen molar-refractivity contribution in [3.05, 3.63) is 48.0 Å². The van der Waals surface area contributed by atoms with E-state index in [1.54, 1.807) is 4.90 Å². The van der Waals surface area contributed by atoms with Gasteiger partial charge in [0.05, 0.1) is 0 Å². The van der Waals surface area contributed by atoms with Gasteiger partial charge in [0.15, 0.2) is 0 Å². The smallest absolute Gasteiger partial charge is 0.226 e. The second-order valence-corrected chi connectivity index (χ2v) is 5.44. The van der Waals surface area contributed by atoms with E-state index < -0.39 is 0 Å². The molecular weight excluding hydrogens is 264 g/mol. The van der Waals surface area contributed by atoms with Gasteiger partial charge in [0.2, 0.25) is 11.8 Å². The van der Waals surface area contributed by atoms with Crippen molar-refractivity contribution < 1.29 is 9.59 Å². The molecule has 2 rings (SSSR count). The standard InChI is InChI=1S/C17H22N2O2/c18-16(20)11-12-19(13-14-7-3-1-4-8-14)17(21)15-9-5-2-6-10-15/h1-5,7-8,15H,6,9-13H2,(H2,18,20). The molecule has 0 aromatic heterocycles. The fraction of sp³-hybridized carbons (Fsp3) is 0.412. The third kappa shape index (κ3) is 4.74. The molecule has 0 radical (unpaired) electrons. The van der Waals surface area contributed by atoms with E-state index in [0.717, 1.165) is 24.8 Å². The molecule has 0 saturated heterocycles. The highest BCUT2D eigenvalue weighted by atomic mass is 16.2. The maximum absolute atomic E-state index is 12.7. The van der Waals surface area contributed by atoms with Gasteiger partial charge in [-0.15, -0.1) is 0 Å². The van der Waals surface area contributed by atoms with Crippen LogP contribution in [-0.4, -0.2) is 23.3 Å². The van der Waals surface area contributed by atoms with E-state index in [0.29, 0.717) is 13.1 Å². The van der Waals surface area contributed by atoms with Crippen LogP contribution in [0.1, 0.15) is 31.2 Å². The van der Waals surface area contributed by atoms with Gasteiger partial charge in [0.25, 0.3) is 0 Å². The zero-order valence-corrected chi connectivity index (χ0v) is 12.2. The summed E-state index contributed by atoms with van der Waals surface area (Å²) in [5.74, 6) is -0.208. The van der Waals surface area contributed by atoms with Crippen molar-refractivity contribution in [2.75, 3.05) is 6.54 Å². The molecule has 2 amide bonds. The van der Waals surface area contributed by atoms with E-state index in [4.69, 9.17) is 5.73 Å². The maximum Gasteiger partial charge on any atom is 0.226 e. The molecule has 0 bridgehead atoms. The molecule has 0 spiro atoms. The summed E-state index contributed by atoms with van der Waals surface area (Å²) in [6, 6.07) is 9.84. The van der Waals surface area contributed by atoms with E-state index in [9.17, 15) is 9.59 Å². The number of carbonyl (C=O) groups excluding carboxylic acids is 2. The van der Waals surface area contributed by atoms with Crippen molar-refractivity contribution in [2.45, 2.75) is 32.2 Å². The fourth-order valence-electron chi connectivity index (χ4n) is 2.59. The molecule has 1 unspecified atom stereocenters. The number of hydrogen-bond donors (Lipinski definition) is 1. The van der Waals surface area contributed by atoms with E-state index >= 15 is 0 Å². The monoisotopic (exact) mass is 286 g/mol. The molecule has 112 valence electrons. The van der Waals surface area contributed by atoms with E-state index in [1.165, 1.54) is 0 Å². The Hall–Kier alpha value is -2.10. The number of hydrogen-bond acceptors (Lipinski definition) is 2. The topological polar surface area (TPSA) is 63.4 Å². The van der Waals surface area contributed by atoms with Gasteiger partial charge in [-0.2, -0.15) is 0 Å². The van der Waals surface area contributed by atoms with Gasteiger partial charge in [0.1, 0.15) is 0 Å². The second kappa shape index (κ2) is 7.62. The Morgan fingerprint density at radius 3 is 2.57 bits per heavy atom. The van der Waals surface area contributed by atoms with Crippen LogP contribution < -0.4 is 5.73 Å². The van der Waals surface area contributed by atoms with Crippen LogP contribution in [0.15, 0.2) is 42.5 Å². The average molecular weight is 286 g/mol. The highest BCUT2D eigenvalue weighted by Crippen LogP contribution is 2.21. The predicted molar refractivity (Wildman–Crippen MR) is 82.2 cm³/mol. The molecule has 0 saturated carbocycles. The summed E-state index contributed by atoms with van der Waals surface area (Å²) < 4.78 is 0. The van der Waals surface area contributed by atoms with Crippen LogP contribution in [0.4, 0.5) is 0 Å². The summed E-state index contributed by atoms with van der Waals surface area (Å²) in [6.07, 6.45) is 7.03. The first kappa shape index (κ1) is 15.3. The van der Waals surface area contributed by atoms with Crippen molar-refractivity contribution in [3.8, 4) is 0 Å². The molecule has 4 heteroatoms. The zero-order valence-electron chi connectivity index (χ0n) is 12.2. The van der Waals surface area contributed by atoms with Crippen LogP contribution in [0.2, 0.25) is 0 Å². The molecule has 1 aromatic carbocycles. The minimum atomic E-state index is -0.371. The third-order valence-corrected chi connectivity index (χ3v) is 3.77. The van der Waals surface area contributed by atoms with Gasteiger partial charge in [-0.05, 0) is 24.8 Å². The van der Waals surface area contributed by atoms with Crippen molar-refractivity contribution in [2.24, 2.45) is 11.7 Å². The first-order valence-electron chi connectivity index (χ1n) is 7.43. The number of primary amides is 1. The van der Waals surface area contributed by atoms with Crippen molar-refractivity contribution >= 4 is 11.8 Å². The number of amides is 2. The lowest BCUT2D eigenvalue weighted by Gasteiger charge is -2.28. The summed E-state index contributed by atoms with van der Waals surface area (Å²) >= 11 is 0. The summed E-state index contributed by atoms with van der Waals surface area (Å²) in [6.45, 7) is 0.927. The molecule has 1 atom stereocenters. The molecule has 4 nitrogen and oxygen atoms in total. The molecule has 0 heterocycles. The highest BCUT2D eigenvalue weighted by molar-refractivity contribution is 5.80. The van der Waals surface area contributed by atoms with Gasteiger partial charge >= 0.3 is 0 Å². The largest absolute Gasteiger partial charge is 0.370 e. The predicted octanol–water partition coefficient (Wildman–Crippen LogP) is 2.25. The highest BCUT2D eigenvalue weighted by Gasteiger charge is 2.24. The minimum Gasteiger partial charge on any atom is -0.370 e. The number of nitrogens with zero attached hydrogens (tertiary/aromatic N) is 1. The Morgan fingerprint density at radius 1 is 1.19 bits per heavy atom. The number of benzene rings is 1. The van der Waals surface area contributed by atoms with Crippen LogP contribution in [0.3, 0.4) is 0 Å². The van der Waals surface area contributed by atoms with Gasteiger partial charge in [-0.1, -0.05) is 42.5 Å². The maximum atomic E-state index is 12.7. The Morgan fingerprint density at radius 2 is 1.95 bits per heavy atom. The van der Waals surface area contributed by atoms with E-state index in [2.05, 4.69) is 12.2 Å². The minimum absolute atomic E-state index is 0.0339. The zero-order chi connectivity index (χ0) is 15.1. The lowest BCUT2D eigenvalue weighted by atomic mass is 9.93. The molecule has 0 aliphatic heterocycles. The van der Waals surface area contributed by atoms with Crippen LogP contribution in [0, 0.1) is 5.92 Å². The lowest BCUT2D eigenvalue weighted by Crippen LogP contribution is -2.38. The number of nitrogens with two attached hydrogens (primary N) is 1. The fourth-order valence-corrected chi connectivity index (χ4v) is 2.59. The van der Waals surface area contributed by atoms with Gasteiger partial charge in [-0.3, -0.25) is 9.59 Å². The second-order valence-electron chi connectivity index (χ2n) is 5.44. The summed E-state index contributed by atoms with van der Waals surface area (Å²) in [4.78, 5) is 25.5. The lowest BCUT2D eigenvalue weighted by molar-refractivity contribution is -0.136. The normalized spacial score (nSPS) is 17.4. The quantitative estimate of drug-likeness (QED) is 0.815. The summed E-state index contributed by atoms with van der Waals surface area (Å²) in [7, 11) is 0. The summed E-state index contributed by atoms with van der Waals surface area (Å²) in [5.41, 5.74) is 6.30. The van der Waals surface area contributed by atoms with Gasteiger partial charge < -0.3 is 10.6 Å². The van der Waals surface area contributed by atoms with Crippen molar-refractivity contribution in [1.82, 2.24) is 4.90 Å². The molecule has 21 heavy (non-hydrogen) atoms. The number of rotatable bonds is 6. The van der Waals surface area contributed by atoms with E-state index in [-0.39, 0.29) is 24.2 Å². The Kier molecular flexibility index (Phi) is 5.55. The SMILES string of the molecule is NC(=O)CCN(Cc1ccccc1)C(=O)C1CC=CCC1. The molecular formula is C17H22N2O2. The molecule has 0 fully saturated rings. The first-order chi connectivity index (χ1) is 10.2. The molecule has 1 aliphatic carbocycles. The van der Waals surface area contributed by atoms with Crippen LogP contribution in [-0.2, 0) is 16.1 Å². The average Bonchev–Trinajstić information content (AvgIpc) is 2.52. The third-order valence-electron chi connectivity index (χ3n) is 3.77. The first-order valence-corrected chi connectivity index (χ1v) is 7.43. The molecule has 1 aromatic rings.